The number of nitrogens with zero attached hydrogens (tertiary/aromatic N) is 5. The van der Waals surface area contributed by atoms with Crippen molar-refractivity contribution in [3.63, 3.8) is 0 Å². The van der Waals surface area contributed by atoms with Crippen LogP contribution in [0.25, 0.3) is 11.7 Å². The molecule has 11 heteroatoms. The highest BCUT2D eigenvalue weighted by atomic mass is 16.2. The Hall–Kier alpha value is -4.28. The van der Waals surface area contributed by atoms with Crippen LogP contribution in [0.2, 0.25) is 0 Å². The zero-order valence-electron chi connectivity index (χ0n) is 18.8. The van der Waals surface area contributed by atoms with E-state index >= 15 is 0 Å². The van der Waals surface area contributed by atoms with Crippen molar-refractivity contribution in [1.29, 1.82) is 0 Å². The van der Waals surface area contributed by atoms with Crippen LogP contribution in [0.3, 0.4) is 0 Å². The molecule has 3 heterocycles. The molecule has 1 aliphatic heterocycles. The van der Waals surface area contributed by atoms with Gasteiger partial charge in [0.1, 0.15) is 0 Å². The molecule has 1 aromatic carbocycles. The van der Waals surface area contributed by atoms with Crippen molar-refractivity contribution < 1.29 is 14.4 Å². The van der Waals surface area contributed by atoms with E-state index < -0.39 is 5.91 Å². The number of aromatic nitrogens is 4. The third-order valence-corrected chi connectivity index (χ3v) is 5.75. The van der Waals surface area contributed by atoms with Gasteiger partial charge in [0.05, 0.1) is 12.6 Å². The summed E-state index contributed by atoms with van der Waals surface area (Å²) in [7, 11) is 1.73. The first-order chi connectivity index (χ1) is 16.4. The lowest BCUT2D eigenvalue weighted by atomic mass is 10.1. The third-order valence-electron chi connectivity index (χ3n) is 5.75. The molecule has 34 heavy (non-hydrogen) atoms. The van der Waals surface area contributed by atoms with Gasteiger partial charge in [0.15, 0.2) is 5.65 Å². The average molecular weight is 460 g/mol. The van der Waals surface area contributed by atoms with Crippen molar-refractivity contribution in [1.82, 2.24) is 24.9 Å². The Labute approximate surface area is 195 Å². The fraction of sp³-hybridized carbons (Fsp3) is 0.304. The molecule has 5 rings (SSSR count). The van der Waals surface area contributed by atoms with E-state index in [1.54, 1.807) is 28.7 Å². The third kappa shape index (κ3) is 4.45. The Morgan fingerprint density at radius 3 is 2.82 bits per heavy atom. The van der Waals surface area contributed by atoms with Crippen molar-refractivity contribution in [2.75, 3.05) is 22.6 Å². The quantitative estimate of drug-likeness (QED) is 0.359. The maximum absolute atomic E-state index is 12.0. The summed E-state index contributed by atoms with van der Waals surface area (Å²) < 4.78 is 1.60. The number of nitrogens with one attached hydrogen (secondary N) is 3. The van der Waals surface area contributed by atoms with E-state index in [1.807, 2.05) is 24.3 Å². The molecule has 0 spiro atoms. The zero-order valence-corrected chi connectivity index (χ0v) is 18.8. The predicted octanol–water partition coefficient (Wildman–Crippen LogP) is 1.72. The number of amides is 3. The average Bonchev–Trinajstić information content (AvgIpc) is 3.45. The molecule has 0 atom stereocenters. The van der Waals surface area contributed by atoms with E-state index in [4.69, 9.17) is 0 Å². The van der Waals surface area contributed by atoms with E-state index in [0.29, 0.717) is 41.3 Å². The topological polar surface area (TPSA) is 134 Å². The predicted molar refractivity (Wildman–Crippen MR) is 126 cm³/mol. The first-order valence-corrected chi connectivity index (χ1v) is 11.0. The minimum atomic E-state index is -0.400. The van der Waals surface area contributed by atoms with E-state index in [2.05, 4.69) is 31.0 Å². The van der Waals surface area contributed by atoms with Gasteiger partial charge in [0.25, 0.3) is 5.91 Å². The number of benzene rings is 1. The second kappa shape index (κ2) is 8.58. The van der Waals surface area contributed by atoms with Crippen LogP contribution in [0.4, 0.5) is 17.6 Å². The van der Waals surface area contributed by atoms with Crippen molar-refractivity contribution >= 4 is 47.0 Å². The number of hydrogen-bond donors (Lipinski definition) is 3. The molecule has 1 saturated carbocycles. The maximum Gasteiger partial charge on any atom is 0.254 e. The standard InChI is InChI=1S/C23H24N8O3/c1-13(32)30(2)18-5-3-4-14(8-18)11-24-22-28-20-16(9-15-10-19(33)27-21(15)34)12-25-31(20)23(29-22)26-17-6-7-17/h3-5,8-9,12,17H,6-7,10-11H2,1-2H3,(H,27,33,34)(H2,24,26,28,29)/b15-9+. The van der Waals surface area contributed by atoms with E-state index in [-0.39, 0.29) is 18.2 Å². The molecule has 174 valence electrons. The van der Waals surface area contributed by atoms with Crippen LogP contribution in [0.15, 0.2) is 36.0 Å². The van der Waals surface area contributed by atoms with Crippen LogP contribution in [0.5, 0.6) is 0 Å². The van der Waals surface area contributed by atoms with Gasteiger partial charge >= 0.3 is 0 Å². The molecule has 0 bridgehead atoms. The molecule has 11 nitrogen and oxygen atoms in total. The second-order valence-corrected chi connectivity index (χ2v) is 8.45. The highest BCUT2D eigenvalue weighted by Crippen LogP contribution is 2.26. The molecule has 0 radical (unpaired) electrons. The van der Waals surface area contributed by atoms with E-state index in [1.165, 1.54) is 6.92 Å². The summed E-state index contributed by atoms with van der Waals surface area (Å²) in [5.41, 5.74) is 3.27. The van der Waals surface area contributed by atoms with Gasteiger partial charge in [-0.25, -0.2) is 0 Å². The van der Waals surface area contributed by atoms with E-state index in [0.717, 1.165) is 24.1 Å². The number of imide groups is 1. The molecule has 1 saturated heterocycles. The number of rotatable bonds is 7. The molecule has 3 N–H and O–H groups in total. The zero-order chi connectivity index (χ0) is 23.8. The summed E-state index contributed by atoms with van der Waals surface area (Å²) in [5, 5.41) is 13.3. The lowest BCUT2D eigenvalue weighted by Gasteiger charge is -2.16. The largest absolute Gasteiger partial charge is 0.351 e. The normalized spacial score (nSPS) is 16.7. The van der Waals surface area contributed by atoms with E-state index in [9.17, 15) is 14.4 Å². The van der Waals surface area contributed by atoms with Gasteiger partial charge in [-0.1, -0.05) is 12.1 Å². The van der Waals surface area contributed by atoms with Gasteiger partial charge in [0.2, 0.25) is 23.7 Å². The fourth-order valence-corrected chi connectivity index (χ4v) is 3.63. The summed E-state index contributed by atoms with van der Waals surface area (Å²) in [4.78, 5) is 46.1. The lowest BCUT2D eigenvalue weighted by Crippen LogP contribution is -2.22. The highest BCUT2D eigenvalue weighted by molar-refractivity contribution is 6.15. The van der Waals surface area contributed by atoms with Crippen LogP contribution < -0.4 is 20.9 Å². The minimum absolute atomic E-state index is 0.0323. The molecule has 0 unspecified atom stereocenters. The number of hydrogen-bond acceptors (Lipinski definition) is 8. The van der Waals surface area contributed by atoms with Gasteiger partial charge in [-0.2, -0.15) is 19.6 Å². The monoisotopic (exact) mass is 460 g/mol. The van der Waals surface area contributed by atoms with Crippen molar-refractivity contribution in [3.8, 4) is 0 Å². The number of carbonyl (C=O) groups excluding carboxylic acids is 3. The molecular formula is C23H24N8O3. The van der Waals surface area contributed by atoms with Gasteiger partial charge in [-0.15, -0.1) is 0 Å². The Kier molecular flexibility index (Phi) is 5.44. The van der Waals surface area contributed by atoms with Crippen LogP contribution in [0.1, 0.15) is 37.3 Å². The Bertz CT molecular complexity index is 1340. The summed E-state index contributed by atoms with van der Waals surface area (Å²) in [5.74, 6) is 0.182. The van der Waals surface area contributed by atoms with Crippen molar-refractivity contribution in [3.05, 3.63) is 47.2 Å². The van der Waals surface area contributed by atoms with Crippen LogP contribution in [-0.4, -0.2) is 50.4 Å². The molecular weight excluding hydrogens is 436 g/mol. The van der Waals surface area contributed by atoms with Crippen LogP contribution >= 0.6 is 0 Å². The summed E-state index contributed by atoms with van der Waals surface area (Å²) in [6.45, 7) is 1.96. The van der Waals surface area contributed by atoms with Crippen molar-refractivity contribution in [2.45, 2.75) is 38.8 Å². The Balaban J connectivity index is 1.45. The first-order valence-electron chi connectivity index (χ1n) is 11.0. The second-order valence-electron chi connectivity index (χ2n) is 8.45. The minimum Gasteiger partial charge on any atom is -0.351 e. The van der Waals surface area contributed by atoms with Crippen LogP contribution in [-0.2, 0) is 20.9 Å². The summed E-state index contributed by atoms with van der Waals surface area (Å²) >= 11 is 0. The van der Waals surface area contributed by atoms with Gasteiger partial charge in [0, 0.05) is 43.4 Å². The number of carbonyl (C=O) groups is 3. The number of anilines is 3. The summed E-state index contributed by atoms with van der Waals surface area (Å²) in [6, 6.07) is 8.00. The smallest absolute Gasteiger partial charge is 0.254 e. The molecule has 3 aromatic rings. The fourth-order valence-electron chi connectivity index (χ4n) is 3.63. The SMILES string of the molecule is CC(=O)N(C)c1cccc(CNc2nc(NC3CC3)n3ncc(/C=C4\CC(=O)NC4=O)c3n2)c1. The van der Waals surface area contributed by atoms with Gasteiger partial charge in [-0.3, -0.25) is 19.7 Å². The molecule has 2 aliphatic rings. The Morgan fingerprint density at radius 2 is 2.12 bits per heavy atom. The highest BCUT2D eigenvalue weighted by Gasteiger charge is 2.26. The summed E-state index contributed by atoms with van der Waals surface area (Å²) in [6.07, 6.45) is 5.40. The molecule has 3 amide bonds. The molecule has 1 aliphatic carbocycles. The van der Waals surface area contributed by atoms with Gasteiger partial charge < -0.3 is 15.5 Å². The number of fused-ring (bicyclic) bond motifs is 1. The lowest BCUT2D eigenvalue weighted by molar-refractivity contribution is -0.124. The maximum atomic E-state index is 12.0. The molecule has 2 aromatic heterocycles. The van der Waals surface area contributed by atoms with Crippen molar-refractivity contribution in [2.24, 2.45) is 0 Å². The van der Waals surface area contributed by atoms with Crippen LogP contribution in [0, 0.1) is 0 Å². The molecule has 2 fully saturated rings. The Morgan fingerprint density at radius 1 is 1.29 bits per heavy atom. The first kappa shape index (κ1) is 21.6. The van der Waals surface area contributed by atoms with Gasteiger partial charge in [-0.05, 0) is 36.6 Å².